The molecule has 0 aromatic heterocycles. The van der Waals surface area contributed by atoms with E-state index in [0.29, 0.717) is 12.8 Å². The molecule has 0 bridgehead atoms. The van der Waals surface area contributed by atoms with E-state index in [1.54, 1.807) is 7.11 Å². The first-order chi connectivity index (χ1) is 8.30. The van der Waals surface area contributed by atoms with Crippen molar-refractivity contribution in [3.8, 4) is 18.1 Å². The molecule has 0 amide bonds. The quantitative estimate of drug-likeness (QED) is 0.802. The fourth-order valence-electron chi connectivity index (χ4n) is 1.78. The van der Waals surface area contributed by atoms with Crippen molar-refractivity contribution in [2.75, 3.05) is 7.11 Å². The summed E-state index contributed by atoms with van der Waals surface area (Å²) in [5.41, 5.74) is 3.33. The summed E-state index contributed by atoms with van der Waals surface area (Å²) in [6.07, 6.45) is 8.01. The smallest absolute Gasteiger partial charge is 0.198 e. The predicted molar refractivity (Wildman–Crippen MR) is 65.5 cm³/mol. The van der Waals surface area contributed by atoms with Crippen LogP contribution in [-0.4, -0.2) is 13.5 Å². The molecule has 0 aliphatic carbocycles. The Bertz CT molecular complexity index is 447. The first-order valence-corrected chi connectivity index (χ1v) is 5.35. The molecule has 4 heteroatoms. The number of hydroxylamine groups is 1. The van der Waals surface area contributed by atoms with Crippen molar-refractivity contribution in [3.63, 3.8) is 0 Å². The molecular weight excluding hydrogens is 216 g/mol. The molecule has 1 heterocycles. The number of hydrogen-bond acceptors (Lipinski definition) is 4. The van der Waals surface area contributed by atoms with Crippen LogP contribution in [0, 0.1) is 12.3 Å². The first-order valence-electron chi connectivity index (χ1n) is 5.35. The third-order valence-electron chi connectivity index (χ3n) is 2.75. The lowest BCUT2D eigenvalue weighted by atomic mass is 9.96. The maximum atomic E-state index is 5.30. The van der Waals surface area contributed by atoms with E-state index in [1.165, 1.54) is 6.40 Å². The zero-order valence-corrected chi connectivity index (χ0v) is 9.64. The van der Waals surface area contributed by atoms with Gasteiger partial charge in [-0.15, -0.1) is 17.8 Å². The van der Waals surface area contributed by atoms with Gasteiger partial charge >= 0.3 is 0 Å². The normalized spacial score (nSPS) is 21.9. The number of nitrogens with one attached hydrogen (secondary N) is 1. The maximum Gasteiger partial charge on any atom is 0.198 e. The van der Waals surface area contributed by atoms with Gasteiger partial charge in [0, 0.05) is 12.8 Å². The Morgan fingerprint density at radius 2 is 2.24 bits per heavy atom. The molecule has 1 aliphatic heterocycles. The molecule has 0 saturated heterocycles. The van der Waals surface area contributed by atoms with Crippen molar-refractivity contribution in [3.05, 3.63) is 29.8 Å². The second kappa shape index (κ2) is 4.89. The highest BCUT2D eigenvalue weighted by Gasteiger charge is 2.34. The number of aliphatic imine (C=N–C) groups is 1. The van der Waals surface area contributed by atoms with Crippen LogP contribution in [-0.2, 0) is 10.5 Å². The molecular formula is C13H14N2O2. The molecule has 1 atom stereocenters. The second-order valence-corrected chi connectivity index (χ2v) is 3.75. The van der Waals surface area contributed by atoms with Gasteiger partial charge in [-0.1, -0.05) is 12.1 Å². The van der Waals surface area contributed by atoms with Gasteiger partial charge in [-0.25, -0.2) is 4.99 Å². The Hall–Kier alpha value is -1.99. The highest BCUT2D eigenvalue weighted by molar-refractivity contribution is 5.51. The van der Waals surface area contributed by atoms with Crippen LogP contribution >= 0.6 is 0 Å². The van der Waals surface area contributed by atoms with Crippen LogP contribution in [0.2, 0.25) is 0 Å². The molecule has 2 rings (SSSR count). The van der Waals surface area contributed by atoms with Crippen molar-refractivity contribution in [2.24, 2.45) is 4.99 Å². The zero-order valence-electron chi connectivity index (χ0n) is 9.64. The van der Waals surface area contributed by atoms with Gasteiger partial charge < -0.3 is 9.57 Å². The summed E-state index contributed by atoms with van der Waals surface area (Å²) in [6.45, 7) is 0. The lowest BCUT2D eigenvalue weighted by Gasteiger charge is -2.24. The van der Waals surface area contributed by atoms with E-state index in [0.717, 1.165) is 11.3 Å². The third-order valence-corrected chi connectivity index (χ3v) is 2.75. The number of terminal acetylenes is 1. The monoisotopic (exact) mass is 230 g/mol. The van der Waals surface area contributed by atoms with E-state index in [1.807, 2.05) is 24.3 Å². The number of methoxy groups -OCH3 is 1. The largest absolute Gasteiger partial charge is 0.497 e. The summed E-state index contributed by atoms with van der Waals surface area (Å²) in [5.74, 6) is 3.43. The second-order valence-electron chi connectivity index (χ2n) is 3.75. The van der Waals surface area contributed by atoms with Crippen LogP contribution in [0.1, 0.15) is 18.4 Å². The molecule has 0 radical (unpaired) electrons. The standard InChI is InChI=1S/C13H14N2O2/c1-3-4-9-13(14-10-17-15-13)11-5-7-12(16-2)8-6-11/h1,5-8,10,15H,4,9H2,2H3. The molecule has 0 fully saturated rings. The van der Waals surface area contributed by atoms with E-state index in [9.17, 15) is 0 Å². The summed E-state index contributed by atoms with van der Waals surface area (Å²) >= 11 is 0. The third kappa shape index (κ3) is 2.24. The van der Waals surface area contributed by atoms with Crippen LogP contribution in [0.3, 0.4) is 0 Å². The minimum Gasteiger partial charge on any atom is -0.497 e. The molecule has 0 spiro atoms. The topological polar surface area (TPSA) is 42.9 Å². The fraction of sp³-hybridized carbons (Fsp3) is 0.308. The van der Waals surface area contributed by atoms with E-state index < -0.39 is 5.66 Å². The Morgan fingerprint density at radius 3 is 2.76 bits per heavy atom. The molecule has 1 aromatic carbocycles. The van der Waals surface area contributed by atoms with Crippen LogP contribution in [0.15, 0.2) is 29.3 Å². The Kier molecular flexibility index (Phi) is 3.31. The minimum atomic E-state index is -0.571. The number of benzene rings is 1. The first kappa shape index (κ1) is 11.5. The highest BCUT2D eigenvalue weighted by atomic mass is 16.7. The van der Waals surface area contributed by atoms with Crippen LogP contribution in [0.25, 0.3) is 0 Å². The summed E-state index contributed by atoms with van der Waals surface area (Å²) in [7, 11) is 1.64. The van der Waals surface area contributed by atoms with Crippen LogP contribution in [0.5, 0.6) is 5.75 Å². The van der Waals surface area contributed by atoms with Crippen LogP contribution < -0.4 is 10.2 Å². The Balaban J connectivity index is 2.26. The molecule has 0 saturated carbocycles. The van der Waals surface area contributed by atoms with Gasteiger partial charge in [-0.05, 0) is 17.7 Å². The summed E-state index contributed by atoms with van der Waals surface area (Å²) in [6, 6.07) is 7.69. The van der Waals surface area contributed by atoms with Crippen molar-refractivity contribution in [2.45, 2.75) is 18.5 Å². The van der Waals surface area contributed by atoms with E-state index in [2.05, 4.69) is 16.4 Å². The SMILES string of the molecule is C#CCCC1(c2ccc(OC)cc2)N=CON1. The van der Waals surface area contributed by atoms with Crippen molar-refractivity contribution in [1.29, 1.82) is 0 Å². The van der Waals surface area contributed by atoms with Crippen molar-refractivity contribution in [1.82, 2.24) is 5.48 Å². The van der Waals surface area contributed by atoms with E-state index >= 15 is 0 Å². The molecule has 4 nitrogen and oxygen atoms in total. The molecule has 1 N–H and O–H groups in total. The molecule has 17 heavy (non-hydrogen) atoms. The average molecular weight is 230 g/mol. The van der Waals surface area contributed by atoms with Gasteiger partial charge in [0.25, 0.3) is 0 Å². The number of hydrogen-bond donors (Lipinski definition) is 1. The summed E-state index contributed by atoms with van der Waals surface area (Å²) in [5, 5.41) is 0. The Morgan fingerprint density at radius 1 is 1.47 bits per heavy atom. The van der Waals surface area contributed by atoms with Gasteiger partial charge in [0.15, 0.2) is 12.1 Å². The minimum absolute atomic E-state index is 0.571. The van der Waals surface area contributed by atoms with E-state index in [4.69, 9.17) is 16.0 Å². The zero-order chi connectivity index (χ0) is 12.1. The Labute approximate surface area is 101 Å². The molecule has 88 valence electrons. The number of rotatable bonds is 4. The van der Waals surface area contributed by atoms with Gasteiger partial charge in [0.05, 0.1) is 7.11 Å². The predicted octanol–water partition coefficient (Wildman–Crippen LogP) is 1.82. The maximum absolute atomic E-state index is 5.30. The van der Waals surface area contributed by atoms with Crippen molar-refractivity contribution < 1.29 is 9.57 Å². The van der Waals surface area contributed by atoms with Crippen molar-refractivity contribution >= 4 is 6.40 Å². The molecule has 1 aliphatic rings. The van der Waals surface area contributed by atoms with Gasteiger partial charge in [-0.3, -0.25) is 0 Å². The number of ether oxygens (including phenoxy) is 1. The van der Waals surface area contributed by atoms with Gasteiger partial charge in [0.2, 0.25) is 0 Å². The van der Waals surface area contributed by atoms with Crippen LogP contribution in [0.4, 0.5) is 0 Å². The fourth-order valence-corrected chi connectivity index (χ4v) is 1.78. The lowest BCUT2D eigenvalue weighted by molar-refractivity contribution is 0.117. The lowest BCUT2D eigenvalue weighted by Crippen LogP contribution is -2.35. The highest BCUT2D eigenvalue weighted by Crippen LogP contribution is 2.31. The molecule has 1 aromatic rings. The average Bonchev–Trinajstić information content (AvgIpc) is 2.86. The summed E-state index contributed by atoms with van der Waals surface area (Å²) < 4.78 is 5.12. The molecule has 1 unspecified atom stereocenters. The van der Waals surface area contributed by atoms with Gasteiger partial charge in [-0.2, -0.15) is 0 Å². The van der Waals surface area contributed by atoms with Gasteiger partial charge in [0.1, 0.15) is 5.75 Å². The number of nitrogens with zero attached hydrogens (tertiary/aromatic N) is 1. The summed E-state index contributed by atoms with van der Waals surface area (Å²) in [4.78, 5) is 9.36. The van der Waals surface area contributed by atoms with E-state index in [-0.39, 0.29) is 0 Å².